The van der Waals surface area contributed by atoms with Gasteiger partial charge in [0.05, 0.1) is 28.1 Å². The van der Waals surface area contributed by atoms with Crippen molar-refractivity contribution in [3.05, 3.63) is 139 Å². The molecule has 0 unspecified atom stereocenters. The van der Waals surface area contributed by atoms with Gasteiger partial charge in [0.15, 0.2) is 0 Å². The predicted molar refractivity (Wildman–Crippen MR) is 153 cm³/mol. The van der Waals surface area contributed by atoms with Gasteiger partial charge in [0.1, 0.15) is 11.6 Å². The number of aromatic nitrogens is 3. The third kappa shape index (κ3) is 4.14. The van der Waals surface area contributed by atoms with Gasteiger partial charge in [0.25, 0.3) is 0 Å². The van der Waals surface area contributed by atoms with E-state index in [1.54, 1.807) is 18.3 Å². The molecule has 7 aromatic rings. The maximum Gasteiger partial charge on any atom is 0.123 e. The van der Waals surface area contributed by atoms with E-state index in [4.69, 9.17) is 4.98 Å². The first-order valence-electron chi connectivity index (χ1n) is 12.6. The summed E-state index contributed by atoms with van der Waals surface area (Å²) in [4.78, 5) is 9.43. The Balaban J connectivity index is 1.37. The van der Waals surface area contributed by atoms with Crippen molar-refractivity contribution in [1.29, 1.82) is 0 Å². The van der Waals surface area contributed by atoms with Crippen LogP contribution >= 0.6 is 0 Å². The summed E-state index contributed by atoms with van der Waals surface area (Å²) >= 11 is 0. The van der Waals surface area contributed by atoms with Gasteiger partial charge < -0.3 is 4.57 Å². The molecule has 0 N–H and O–H groups in total. The van der Waals surface area contributed by atoms with E-state index in [9.17, 15) is 8.78 Å². The first-order valence-corrected chi connectivity index (χ1v) is 12.6. The second kappa shape index (κ2) is 9.30. The summed E-state index contributed by atoms with van der Waals surface area (Å²) in [7, 11) is 0. The second-order valence-electron chi connectivity index (χ2n) is 9.41. The lowest BCUT2D eigenvalue weighted by molar-refractivity contribution is 0.628. The summed E-state index contributed by atoms with van der Waals surface area (Å²) in [5, 5.41) is 1.35. The van der Waals surface area contributed by atoms with Gasteiger partial charge >= 0.3 is 0 Å². The fourth-order valence-electron chi connectivity index (χ4n) is 5.15. The molecule has 5 heteroatoms. The fraction of sp³-hybridized carbons (Fsp3) is 0. The summed E-state index contributed by atoms with van der Waals surface area (Å²) in [5.74, 6) is -0.700. The van der Waals surface area contributed by atoms with Gasteiger partial charge in [-0.3, -0.25) is 4.98 Å². The third-order valence-electron chi connectivity index (χ3n) is 6.97. The molecule has 0 fully saturated rings. The van der Waals surface area contributed by atoms with E-state index in [-0.39, 0.29) is 11.6 Å². The van der Waals surface area contributed by atoms with Gasteiger partial charge in [-0.15, -0.1) is 0 Å². The molecule has 3 aromatic heterocycles. The van der Waals surface area contributed by atoms with Crippen LogP contribution in [-0.4, -0.2) is 14.5 Å². The number of pyridine rings is 2. The van der Waals surface area contributed by atoms with E-state index < -0.39 is 0 Å². The minimum atomic E-state index is -0.350. The zero-order valence-electron chi connectivity index (χ0n) is 20.7. The third-order valence-corrected chi connectivity index (χ3v) is 6.97. The van der Waals surface area contributed by atoms with Crippen LogP contribution in [0.15, 0.2) is 128 Å². The molecule has 0 aliphatic heterocycles. The van der Waals surface area contributed by atoms with Crippen molar-refractivity contribution < 1.29 is 8.78 Å². The largest absolute Gasteiger partial charge is 0.309 e. The lowest BCUT2D eigenvalue weighted by Crippen LogP contribution is -1.95. The van der Waals surface area contributed by atoms with Crippen LogP contribution < -0.4 is 0 Å². The summed E-state index contributed by atoms with van der Waals surface area (Å²) in [6.07, 6.45) is 1.77. The minimum absolute atomic E-state index is 0.350. The van der Waals surface area contributed by atoms with Crippen molar-refractivity contribution in [2.45, 2.75) is 0 Å². The van der Waals surface area contributed by atoms with E-state index in [1.807, 2.05) is 65.2 Å². The van der Waals surface area contributed by atoms with Gasteiger partial charge in [0.2, 0.25) is 0 Å². The van der Waals surface area contributed by atoms with Crippen LogP contribution in [-0.2, 0) is 0 Å². The van der Waals surface area contributed by atoms with E-state index >= 15 is 0 Å². The number of rotatable bonds is 4. The van der Waals surface area contributed by atoms with E-state index in [1.165, 1.54) is 24.3 Å². The second-order valence-corrected chi connectivity index (χ2v) is 9.41. The van der Waals surface area contributed by atoms with Crippen LogP contribution in [0.2, 0.25) is 0 Å². The maximum atomic E-state index is 14.1. The van der Waals surface area contributed by atoms with Crippen LogP contribution in [0.1, 0.15) is 0 Å². The van der Waals surface area contributed by atoms with Gasteiger partial charge in [0, 0.05) is 28.2 Å². The highest BCUT2D eigenvalue weighted by Crippen LogP contribution is 2.35. The summed E-state index contributed by atoms with van der Waals surface area (Å²) < 4.78 is 30.3. The van der Waals surface area contributed by atoms with Gasteiger partial charge in [-0.1, -0.05) is 48.5 Å². The molecule has 7 rings (SSSR count). The Morgan fingerprint density at radius 2 is 1.13 bits per heavy atom. The molecule has 186 valence electrons. The summed E-state index contributed by atoms with van der Waals surface area (Å²) in [5.41, 5.74) is 8.06. The molecule has 0 atom stereocenters. The first kappa shape index (κ1) is 23.0. The highest BCUT2D eigenvalue weighted by molar-refractivity contribution is 6.09. The SMILES string of the molecule is Fc1ccc2c(c1)c1cc(F)ccc1n2-c1ccc(-c2cc(-c3ccccc3)nc(-c3ccccn3)c2)cc1. The molecule has 4 aromatic carbocycles. The first-order chi connectivity index (χ1) is 19.1. The Morgan fingerprint density at radius 3 is 1.77 bits per heavy atom. The van der Waals surface area contributed by atoms with Crippen LogP contribution in [0.5, 0.6) is 0 Å². The lowest BCUT2D eigenvalue weighted by atomic mass is 10.0. The molecular weight excluding hydrogens is 488 g/mol. The number of hydrogen-bond acceptors (Lipinski definition) is 2. The normalized spacial score (nSPS) is 11.3. The monoisotopic (exact) mass is 509 g/mol. The van der Waals surface area contributed by atoms with Crippen molar-refractivity contribution >= 4 is 21.8 Å². The zero-order chi connectivity index (χ0) is 26.3. The summed E-state index contributed by atoms with van der Waals surface area (Å²) in [6, 6.07) is 37.5. The Labute approximate surface area is 223 Å². The van der Waals surface area contributed by atoms with Crippen molar-refractivity contribution in [3.8, 4) is 39.5 Å². The average Bonchev–Trinajstić information content (AvgIpc) is 3.30. The van der Waals surface area contributed by atoms with Crippen molar-refractivity contribution in [2.24, 2.45) is 0 Å². The minimum Gasteiger partial charge on any atom is -0.309 e. The number of fused-ring (bicyclic) bond motifs is 3. The van der Waals surface area contributed by atoms with Gasteiger partial charge in [-0.05, 0) is 83.9 Å². The number of nitrogens with zero attached hydrogens (tertiary/aromatic N) is 3. The van der Waals surface area contributed by atoms with Crippen LogP contribution in [0.3, 0.4) is 0 Å². The smallest absolute Gasteiger partial charge is 0.123 e. The number of halogens is 2. The van der Waals surface area contributed by atoms with Crippen molar-refractivity contribution in [3.63, 3.8) is 0 Å². The Morgan fingerprint density at radius 1 is 0.487 bits per heavy atom. The standard InChI is InChI=1S/C34H21F2N3/c35-25-11-15-33-28(20-25)29-21-26(36)12-16-34(29)39(33)27-13-9-22(10-14-27)24-18-31(23-6-2-1-3-7-23)38-32(19-24)30-8-4-5-17-37-30/h1-21H. The van der Waals surface area contributed by atoms with Crippen LogP contribution in [0.25, 0.3) is 61.3 Å². The highest BCUT2D eigenvalue weighted by atomic mass is 19.1. The Bertz CT molecular complexity index is 1850. The van der Waals surface area contributed by atoms with E-state index in [0.717, 1.165) is 50.5 Å². The van der Waals surface area contributed by atoms with Gasteiger partial charge in [-0.25, -0.2) is 13.8 Å². The van der Waals surface area contributed by atoms with Crippen LogP contribution in [0.4, 0.5) is 8.78 Å². The molecule has 0 radical (unpaired) electrons. The van der Waals surface area contributed by atoms with Crippen LogP contribution in [0, 0.1) is 11.6 Å². The molecule has 0 bridgehead atoms. The fourth-order valence-corrected chi connectivity index (χ4v) is 5.15. The van der Waals surface area contributed by atoms with Crippen molar-refractivity contribution in [2.75, 3.05) is 0 Å². The highest BCUT2D eigenvalue weighted by Gasteiger charge is 2.15. The topological polar surface area (TPSA) is 30.7 Å². The van der Waals surface area contributed by atoms with E-state index in [0.29, 0.717) is 10.8 Å². The molecule has 39 heavy (non-hydrogen) atoms. The predicted octanol–water partition coefficient (Wildman–Crippen LogP) is 8.85. The molecule has 3 heterocycles. The molecule has 0 saturated carbocycles. The molecule has 0 saturated heterocycles. The molecule has 3 nitrogen and oxygen atoms in total. The quantitative estimate of drug-likeness (QED) is 0.237. The number of hydrogen-bond donors (Lipinski definition) is 0. The summed E-state index contributed by atoms with van der Waals surface area (Å²) in [6.45, 7) is 0. The molecular formula is C34H21F2N3. The lowest BCUT2D eigenvalue weighted by Gasteiger charge is -2.12. The van der Waals surface area contributed by atoms with E-state index in [2.05, 4.69) is 29.2 Å². The van der Waals surface area contributed by atoms with Crippen molar-refractivity contribution in [1.82, 2.24) is 14.5 Å². The van der Waals surface area contributed by atoms with Gasteiger partial charge in [-0.2, -0.15) is 0 Å². The Hall–Kier alpha value is -5.16. The molecule has 0 amide bonds. The zero-order valence-corrected chi connectivity index (χ0v) is 20.7. The average molecular weight is 510 g/mol. The number of benzene rings is 4. The molecule has 0 spiro atoms. The Kier molecular flexibility index (Phi) is 5.48. The maximum absolute atomic E-state index is 14.1. The molecule has 0 aliphatic carbocycles. The molecule has 0 aliphatic rings.